The molecular weight excluding hydrogens is 278 g/mol. The number of hydrogen-bond donors (Lipinski definition) is 0. The number of aryl methyl sites for hydroxylation is 2. The Morgan fingerprint density at radius 2 is 2.27 bits per heavy atom. The quantitative estimate of drug-likeness (QED) is 0.814. The van der Waals surface area contributed by atoms with Gasteiger partial charge in [-0.15, -0.1) is 0 Å². The third-order valence-corrected chi connectivity index (χ3v) is 4.23. The lowest BCUT2D eigenvalue weighted by molar-refractivity contribution is 0.193. The molecule has 1 saturated heterocycles. The standard InChI is InChI=1S/C16H23N5O/c1-20(7-3-4-15-17-6-8-21(15)2)16-10-14(18-12-19-16)13-5-9-22-11-13/h6,8,10,12-13H,3-5,7,9,11H2,1-2H3/t13-/m1/s1. The zero-order valence-corrected chi connectivity index (χ0v) is 13.3. The number of anilines is 1. The van der Waals surface area contributed by atoms with Crippen molar-refractivity contribution in [1.29, 1.82) is 0 Å². The van der Waals surface area contributed by atoms with Crippen LogP contribution in [0.5, 0.6) is 0 Å². The van der Waals surface area contributed by atoms with E-state index in [1.165, 1.54) is 0 Å². The predicted octanol–water partition coefficient (Wildman–Crippen LogP) is 1.78. The average molecular weight is 301 g/mol. The van der Waals surface area contributed by atoms with Crippen LogP contribution in [-0.4, -0.2) is 46.3 Å². The van der Waals surface area contributed by atoms with Crippen LogP contribution in [0.15, 0.2) is 24.8 Å². The lowest BCUT2D eigenvalue weighted by Gasteiger charge is -2.19. The molecule has 118 valence electrons. The fourth-order valence-corrected chi connectivity index (χ4v) is 2.79. The second kappa shape index (κ2) is 6.87. The van der Waals surface area contributed by atoms with Gasteiger partial charge in [-0.05, 0) is 12.8 Å². The normalized spacial score (nSPS) is 17.8. The predicted molar refractivity (Wildman–Crippen MR) is 85.0 cm³/mol. The summed E-state index contributed by atoms with van der Waals surface area (Å²) in [5.74, 6) is 2.53. The summed E-state index contributed by atoms with van der Waals surface area (Å²) in [7, 11) is 4.11. The minimum absolute atomic E-state index is 0.419. The third kappa shape index (κ3) is 3.44. The number of aromatic nitrogens is 4. The molecule has 0 saturated carbocycles. The van der Waals surface area contributed by atoms with Gasteiger partial charge in [0.05, 0.1) is 12.3 Å². The van der Waals surface area contributed by atoms with E-state index in [0.29, 0.717) is 5.92 Å². The van der Waals surface area contributed by atoms with E-state index >= 15 is 0 Å². The minimum atomic E-state index is 0.419. The maximum absolute atomic E-state index is 5.45. The summed E-state index contributed by atoms with van der Waals surface area (Å²) in [4.78, 5) is 15.3. The molecule has 6 nitrogen and oxygen atoms in total. The van der Waals surface area contributed by atoms with Crippen molar-refractivity contribution in [3.8, 4) is 0 Å². The van der Waals surface area contributed by atoms with Gasteiger partial charge in [-0.3, -0.25) is 0 Å². The van der Waals surface area contributed by atoms with Crippen molar-refractivity contribution < 1.29 is 4.74 Å². The molecule has 3 rings (SSSR count). The molecule has 0 unspecified atom stereocenters. The van der Waals surface area contributed by atoms with Gasteiger partial charge in [0.1, 0.15) is 18.0 Å². The SMILES string of the molecule is CN(CCCc1nccn1C)c1cc([C@@H]2CCOC2)ncn1. The second-order valence-electron chi connectivity index (χ2n) is 5.84. The number of rotatable bonds is 6. The molecule has 1 aliphatic heterocycles. The smallest absolute Gasteiger partial charge is 0.131 e. The fourth-order valence-electron chi connectivity index (χ4n) is 2.79. The van der Waals surface area contributed by atoms with Crippen molar-refractivity contribution in [2.24, 2.45) is 7.05 Å². The first-order valence-electron chi connectivity index (χ1n) is 7.81. The van der Waals surface area contributed by atoms with Crippen LogP contribution in [0.25, 0.3) is 0 Å². The van der Waals surface area contributed by atoms with Crippen molar-refractivity contribution in [2.45, 2.75) is 25.2 Å². The van der Waals surface area contributed by atoms with Crippen molar-refractivity contribution in [1.82, 2.24) is 19.5 Å². The highest BCUT2D eigenvalue weighted by Gasteiger charge is 2.20. The highest BCUT2D eigenvalue weighted by Crippen LogP contribution is 2.25. The number of ether oxygens (including phenoxy) is 1. The van der Waals surface area contributed by atoms with Crippen LogP contribution in [-0.2, 0) is 18.2 Å². The summed E-state index contributed by atoms with van der Waals surface area (Å²) in [6.07, 6.45) is 8.58. The van der Waals surface area contributed by atoms with E-state index in [0.717, 1.165) is 56.4 Å². The first-order chi connectivity index (χ1) is 10.7. The van der Waals surface area contributed by atoms with Gasteiger partial charge in [-0.2, -0.15) is 0 Å². The zero-order chi connectivity index (χ0) is 15.4. The van der Waals surface area contributed by atoms with Gasteiger partial charge in [0.15, 0.2) is 0 Å². The topological polar surface area (TPSA) is 56.1 Å². The molecule has 6 heteroatoms. The Bertz CT molecular complexity index is 606. The van der Waals surface area contributed by atoms with Gasteiger partial charge in [-0.1, -0.05) is 0 Å². The number of hydrogen-bond acceptors (Lipinski definition) is 5. The minimum Gasteiger partial charge on any atom is -0.381 e. The molecule has 0 radical (unpaired) electrons. The Morgan fingerprint density at radius 1 is 1.36 bits per heavy atom. The Balaban J connectivity index is 1.56. The molecule has 0 N–H and O–H groups in total. The Morgan fingerprint density at radius 3 is 3.00 bits per heavy atom. The molecule has 1 atom stereocenters. The van der Waals surface area contributed by atoms with Crippen LogP contribution in [0, 0.1) is 0 Å². The fraction of sp³-hybridized carbons (Fsp3) is 0.562. The number of nitrogens with zero attached hydrogens (tertiary/aromatic N) is 5. The summed E-state index contributed by atoms with van der Waals surface area (Å²) < 4.78 is 7.52. The summed E-state index contributed by atoms with van der Waals surface area (Å²) in [6.45, 7) is 2.56. The second-order valence-corrected chi connectivity index (χ2v) is 5.84. The summed E-state index contributed by atoms with van der Waals surface area (Å²) >= 11 is 0. The average Bonchev–Trinajstić information content (AvgIpc) is 3.20. The van der Waals surface area contributed by atoms with E-state index in [1.54, 1.807) is 6.33 Å². The van der Waals surface area contributed by atoms with Crippen LogP contribution in [0.4, 0.5) is 5.82 Å². The Hall–Kier alpha value is -1.95. The summed E-state index contributed by atoms with van der Waals surface area (Å²) in [6, 6.07) is 2.10. The highest BCUT2D eigenvalue weighted by atomic mass is 16.5. The van der Waals surface area contributed by atoms with Crippen LogP contribution in [0.3, 0.4) is 0 Å². The molecular formula is C16H23N5O. The van der Waals surface area contributed by atoms with Crippen molar-refractivity contribution in [2.75, 3.05) is 31.7 Å². The van der Waals surface area contributed by atoms with E-state index < -0.39 is 0 Å². The maximum atomic E-state index is 5.45. The Kier molecular flexibility index (Phi) is 4.68. The van der Waals surface area contributed by atoms with E-state index in [4.69, 9.17) is 4.74 Å². The highest BCUT2D eigenvalue weighted by molar-refractivity contribution is 5.38. The van der Waals surface area contributed by atoms with Crippen LogP contribution in [0.2, 0.25) is 0 Å². The lowest BCUT2D eigenvalue weighted by Crippen LogP contribution is -2.21. The molecule has 2 aromatic rings. The molecule has 0 bridgehead atoms. The van der Waals surface area contributed by atoms with Gasteiger partial charge < -0.3 is 14.2 Å². The summed E-state index contributed by atoms with van der Waals surface area (Å²) in [5.41, 5.74) is 1.10. The largest absolute Gasteiger partial charge is 0.381 e. The Labute approximate surface area is 131 Å². The molecule has 0 amide bonds. The maximum Gasteiger partial charge on any atom is 0.131 e. The molecule has 3 heterocycles. The zero-order valence-electron chi connectivity index (χ0n) is 13.3. The van der Waals surface area contributed by atoms with Gasteiger partial charge in [0, 0.05) is 58.0 Å². The van der Waals surface area contributed by atoms with Gasteiger partial charge in [0.25, 0.3) is 0 Å². The van der Waals surface area contributed by atoms with E-state index in [2.05, 4.69) is 37.5 Å². The molecule has 1 aliphatic rings. The van der Waals surface area contributed by atoms with Crippen molar-refractivity contribution in [3.63, 3.8) is 0 Å². The van der Waals surface area contributed by atoms with E-state index in [1.807, 2.05) is 19.4 Å². The van der Waals surface area contributed by atoms with Crippen LogP contribution < -0.4 is 4.90 Å². The third-order valence-electron chi connectivity index (χ3n) is 4.23. The lowest BCUT2D eigenvalue weighted by atomic mass is 10.0. The van der Waals surface area contributed by atoms with E-state index in [-0.39, 0.29) is 0 Å². The van der Waals surface area contributed by atoms with Gasteiger partial charge in [-0.25, -0.2) is 15.0 Å². The first-order valence-corrected chi connectivity index (χ1v) is 7.81. The van der Waals surface area contributed by atoms with Gasteiger partial charge >= 0.3 is 0 Å². The van der Waals surface area contributed by atoms with Crippen molar-refractivity contribution in [3.05, 3.63) is 36.3 Å². The molecule has 0 spiro atoms. The number of imidazole rings is 1. The monoisotopic (exact) mass is 301 g/mol. The molecule has 0 aliphatic carbocycles. The van der Waals surface area contributed by atoms with Crippen LogP contribution >= 0.6 is 0 Å². The first kappa shape index (κ1) is 15.0. The molecule has 0 aromatic carbocycles. The molecule has 1 fully saturated rings. The van der Waals surface area contributed by atoms with E-state index in [9.17, 15) is 0 Å². The van der Waals surface area contributed by atoms with Gasteiger partial charge in [0.2, 0.25) is 0 Å². The van der Waals surface area contributed by atoms with Crippen molar-refractivity contribution >= 4 is 5.82 Å². The molecule has 22 heavy (non-hydrogen) atoms. The molecule has 2 aromatic heterocycles. The summed E-state index contributed by atoms with van der Waals surface area (Å²) in [5, 5.41) is 0. The van der Waals surface area contributed by atoms with Crippen LogP contribution in [0.1, 0.15) is 30.3 Å².